The molecule has 0 aliphatic carbocycles. The minimum absolute atomic E-state index is 0.155. The lowest BCUT2D eigenvalue weighted by atomic mass is 10.2. The SMILES string of the molecule is Fc1cc(-c2nc(C3CCCN3)no2)ccc1Br. The Hall–Kier alpha value is -1.27. The molecule has 0 bridgehead atoms. The number of nitrogens with one attached hydrogen (secondary N) is 1. The zero-order chi connectivity index (χ0) is 12.5. The number of benzene rings is 1. The molecule has 1 aromatic heterocycles. The third-order valence-corrected chi connectivity index (χ3v) is 3.62. The summed E-state index contributed by atoms with van der Waals surface area (Å²) in [5.74, 6) is 0.655. The summed E-state index contributed by atoms with van der Waals surface area (Å²) in [5, 5.41) is 7.24. The van der Waals surface area contributed by atoms with Gasteiger partial charge in [0, 0.05) is 5.56 Å². The quantitative estimate of drug-likeness (QED) is 0.926. The van der Waals surface area contributed by atoms with E-state index in [1.807, 2.05) is 0 Å². The van der Waals surface area contributed by atoms with Crippen molar-refractivity contribution in [3.8, 4) is 11.5 Å². The van der Waals surface area contributed by atoms with Crippen molar-refractivity contribution in [3.63, 3.8) is 0 Å². The molecule has 1 unspecified atom stereocenters. The van der Waals surface area contributed by atoms with E-state index in [1.54, 1.807) is 12.1 Å². The molecule has 18 heavy (non-hydrogen) atoms. The highest BCUT2D eigenvalue weighted by molar-refractivity contribution is 9.10. The lowest BCUT2D eigenvalue weighted by molar-refractivity contribution is 0.412. The Kier molecular flexibility index (Phi) is 3.13. The summed E-state index contributed by atoms with van der Waals surface area (Å²) in [6, 6.07) is 4.90. The number of nitrogens with zero attached hydrogens (tertiary/aromatic N) is 2. The average molecular weight is 312 g/mol. The molecular formula is C12H11BrFN3O. The molecule has 2 heterocycles. The highest BCUT2D eigenvalue weighted by Crippen LogP contribution is 2.26. The Bertz CT molecular complexity index is 566. The van der Waals surface area contributed by atoms with Crippen LogP contribution in [0.5, 0.6) is 0 Å². The zero-order valence-electron chi connectivity index (χ0n) is 9.49. The van der Waals surface area contributed by atoms with Gasteiger partial charge in [-0.1, -0.05) is 5.16 Å². The predicted molar refractivity (Wildman–Crippen MR) is 67.4 cm³/mol. The third-order valence-electron chi connectivity index (χ3n) is 2.98. The molecule has 1 aromatic carbocycles. The minimum Gasteiger partial charge on any atom is -0.334 e. The lowest BCUT2D eigenvalue weighted by Crippen LogP contribution is -2.14. The fourth-order valence-electron chi connectivity index (χ4n) is 2.03. The van der Waals surface area contributed by atoms with E-state index >= 15 is 0 Å². The van der Waals surface area contributed by atoms with Crippen LogP contribution in [-0.4, -0.2) is 16.7 Å². The molecule has 1 N–H and O–H groups in total. The normalized spacial score (nSPS) is 19.3. The van der Waals surface area contributed by atoms with Gasteiger partial charge in [0.15, 0.2) is 5.82 Å². The van der Waals surface area contributed by atoms with Gasteiger partial charge < -0.3 is 9.84 Å². The van der Waals surface area contributed by atoms with Crippen LogP contribution in [0.25, 0.3) is 11.5 Å². The summed E-state index contributed by atoms with van der Waals surface area (Å²) in [6.45, 7) is 0.974. The molecule has 6 heteroatoms. The first kappa shape index (κ1) is 11.8. The van der Waals surface area contributed by atoms with Crippen LogP contribution in [0.3, 0.4) is 0 Å². The van der Waals surface area contributed by atoms with Gasteiger partial charge in [-0.15, -0.1) is 0 Å². The summed E-state index contributed by atoms with van der Waals surface area (Å²) in [6.07, 6.45) is 2.12. The van der Waals surface area contributed by atoms with E-state index in [-0.39, 0.29) is 11.9 Å². The maximum absolute atomic E-state index is 13.4. The molecule has 1 saturated heterocycles. The van der Waals surface area contributed by atoms with Crippen LogP contribution < -0.4 is 5.32 Å². The maximum atomic E-state index is 13.4. The Balaban J connectivity index is 1.89. The summed E-state index contributed by atoms with van der Waals surface area (Å²) in [7, 11) is 0. The number of hydrogen-bond acceptors (Lipinski definition) is 4. The first-order valence-electron chi connectivity index (χ1n) is 5.76. The first-order valence-corrected chi connectivity index (χ1v) is 6.56. The second kappa shape index (κ2) is 4.78. The van der Waals surface area contributed by atoms with Crippen molar-refractivity contribution in [2.45, 2.75) is 18.9 Å². The zero-order valence-corrected chi connectivity index (χ0v) is 11.1. The Morgan fingerprint density at radius 1 is 1.44 bits per heavy atom. The van der Waals surface area contributed by atoms with E-state index in [4.69, 9.17) is 4.52 Å². The van der Waals surface area contributed by atoms with E-state index in [0.717, 1.165) is 19.4 Å². The van der Waals surface area contributed by atoms with Gasteiger partial charge in [-0.2, -0.15) is 4.98 Å². The fourth-order valence-corrected chi connectivity index (χ4v) is 2.27. The van der Waals surface area contributed by atoms with Crippen molar-refractivity contribution in [2.24, 2.45) is 0 Å². The van der Waals surface area contributed by atoms with Crippen molar-refractivity contribution >= 4 is 15.9 Å². The topological polar surface area (TPSA) is 51.0 Å². The molecule has 0 saturated carbocycles. The maximum Gasteiger partial charge on any atom is 0.258 e. The van der Waals surface area contributed by atoms with Crippen molar-refractivity contribution in [1.29, 1.82) is 0 Å². The largest absolute Gasteiger partial charge is 0.334 e. The van der Waals surface area contributed by atoms with Gasteiger partial charge in [0.05, 0.1) is 10.5 Å². The highest BCUT2D eigenvalue weighted by Gasteiger charge is 2.22. The van der Waals surface area contributed by atoms with Gasteiger partial charge in [-0.05, 0) is 53.5 Å². The molecule has 3 rings (SSSR count). The molecule has 4 nitrogen and oxygen atoms in total. The molecule has 0 spiro atoms. The van der Waals surface area contributed by atoms with Gasteiger partial charge in [0.2, 0.25) is 0 Å². The molecular weight excluding hydrogens is 301 g/mol. The number of halogens is 2. The van der Waals surface area contributed by atoms with E-state index < -0.39 is 0 Å². The first-order chi connectivity index (χ1) is 8.74. The predicted octanol–water partition coefficient (Wildman–Crippen LogP) is 3.06. The van der Waals surface area contributed by atoms with Gasteiger partial charge in [0.1, 0.15) is 5.82 Å². The second-order valence-electron chi connectivity index (χ2n) is 4.24. The standard InChI is InChI=1S/C12H11BrFN3O/c13-8-4-3-7(6-9(8)14)12-16-11(17-18-12)10-2-1-5-15-10/h3-4,6,10,15H,1-2,5H2. The van der Waals surface area contributed by atoms with Crippen LogP contribution in [0, 0.1) is 5.82 Å². The number of hydrogen-bond donors (Lipinski definition) is 1. The summed E-state index contributed by atoms with van der Waals surface area (Å²) in [4.78, 5) is 4.31. The highest BCUT2D eigenvalue weighted by atomic mass is 79.9. The summed E-state index contributed by atoms with van der Waals surface area (Å²) in [5.41, 5.74) is 0.590. The van der Waals surface area contributed by atoms with E-state index in [2.05, 4.69) is 31.4 Å². The molecule has 1 aliphatic heterocycles. The van der Waals surface area contributed by atoms with E-state index in [0.29, 0.717) is 21.8 Å². The van der Waals surface area contributed by atoms with Gasteiger partial charge in [0.25, 0.3) is 5.89 Å². The molecule has 1 aliphatic rings. The van der Waals surface area contributed by atoms with Crippen LogP contribution in [-0.2, 0) is 0 Å². The van der Waals surface area contributed by atoms with Crippen molar-refractivity contribution in [2.75, 3.05) is 6.54 Å². The van der Waals surface area contributed by atoms with Crippen LogP contribution in [0.15, 0.2) is 27.2 Å². The van der Waals surface area contributed by atoms with Crippen molar-refractivity contribution in [3.05, 3.63) is 34.3 Å². The number of rotatable bonds is 2. The van der Waals surface area contributed by atoms with Gasteiger partial charge in [-0.25, -0.2) is 4.39 Å². The molecule has 0 radical (unpaired) electrons. The molecule has 1 atom stereocenters. The monoisotopic (exact) mass is 311 g/mol. The summed E-state index contributed by atoms with van der Waals surface area (Å²) >= 11 is 3.11. The van der Waals surface area contributed by atoms with Crippen molar-refractivity contribution < 1.29 is 8.91 Å². The van der Waals surface area contributed by atoms with Crippen LogP contribution in [0.1, 0.15) is 24.7 Å². The lowest BCUT2D eigenvalue weighted by Gasteiger charge is -2.01. The smallest absolute Gasteiger partial charge is 0.258 e. The second-order valence-corrected chi connectivity index (χ2v) is 5.09. The fraction of sp³-hybridized carbons (Fsp3) is 0.333. The van der Waals surface area contributed by atoms with Crippen LogP contribution in [0.4, 0.5) is 4.39 Å². The van der Waals surface area contributed by atoms with Crippen molar-refractivity contribution in [1.82, 2.24) is 15.5 Å². The van der Waals surface area contributed by atoms with Crippen LogP contribution >= 0.6 is 15.9 Å². The number of aromatic nitrogens is 2. The molecule has 1 fully saturated rings. The van der Waals surface area contributed by atoms with E-state index in [1.165, 1.54) is 6.07 Å². The molecule has 0 amide bonds. The molecule has 2 aromatic rings. The Morgan fingerprint density at radius 3 is 3.06 bits per heavy atom. The Morgan fingerprint density at radius 2 is 2.33 bits per heavy atom. The minimum atomic E-state index is -0.341. The average Bonchev–Trinajstić information content (AvgIpc) is 3.01. The third kappa shape index (κ3) is 2.18. The molecule has 94 valence electrons. The summed E-state index contributed by atoms with van der Waals surface area (Å²) < 4.78 is 19.0. The van der Waals surface area contributed by atoms with E-state index in [9.17, 15) is 4.39 Å². The van der Waals surface area contributed by atoms with Gasteiger partial charge >= 0.3 is 0 Å². The van der Waals surface area contributed by atoms with Gasteiger partial charge in [-0.3, -0.25) is 0 Å². The Labute approximate surface area is 112 Å². The van der Waals surface area contributed by atoms with Crippen LogP contribution in [0.2, 0.25) is 0 Å².